The summed E-state index contributed by atoms with van der Waals surface area (Å²) in [6, 6.07) is 0. The fourth-order valence-corrected chi connectivity index (χ4v) is 6.16. The number of hydrogen-bond acceptors (Lipinski definition) is 6. The number of rotatable bonds is 34. The van der Waals surface area contributed by atoms with E-state index in [0.29, 0.717) is 25.4 Å². The fourth-order valence-electron chi connectivity index (χ4n) is 6.16. The minimum atomic E-state index is -0.833. The van der Waals surface area contributed by atoms with Crippen LogP contribution in [0.4, 0.5) is 0 Å². The lowest BCUT2D eigenvalue weighted by Gasteiger charge is -2.24. The van der Waals surface area contributed by atoms with Crippen LogP contribution in [0, 0.1) is 5.92 Å². The average Bonchev–Trinajstić information content (AvgIpc) is 3.09. The van der Waals surface area contributed by atoms with Gasteiger partial charge in [-0.3, -0.25) is 9.59 Å². The highest BCUT2D eigenvalue weighted by atomic mass is 16.3. The molecule has 0 bridgehead atoms. The van der Waals surface area contributed by atoms with E-state index >= 15 is 0 Å². The predicted octanol–water partition coefficient (Wildman–Crippen LogP) is 8.80. The fraction of sp³-hybridized carbons (Fsp3) is 0.951. The van der Waals surface area contributed by atoms with Crippen LogP contribution >= 0.6 is 0 Å². The first-order chi connectivity index (χ1) is 23.7. The summed E-state index contributed by atoms with van der Waals surface area (Å²) in [5.74, 6) is 0.664. The molecule has 0 saturated heterocycles. The number of hydrogen-bond donors (Lipinski definition) is 4. The molecule has 0 aromatic rings. The molecule has 3 atom stereocenters. The van der Waals surface area contributed by atoms with Crippen molar-refractivity contribution in [3.05, 3.63) is 0 Å². The van der Waals surface area contributed by atoms with Crippen molar-refractivity contribution in [2.24, 2.45) is 5.92 Å². The van der Waals surface area contributed by atoms with Crippen molar-refractivity contribution in [2.75, 3.05) is 39.4 Å². The number of aliphatic hydroxyl groups is 4. The molecule has 3 unspecified atom stereocenters. The lowest BCUT2D eigenvalue weighted by atomic mass is 9.98. The molecule has 0 fully saturated rings. The maximum absolute atomic E-state index is 12.0. The monoisotopic (exact) mass is 701 g/mol. The normalized spacial score (nSPS) is 13.0. The molecular formula is C41H84N2O6. The van der Waals surface area contributed by atoms with E-state index in [1.807, 2.05) is 6.92 Å². The molecule has 4 N–H and O–H groups in total. The van der Waals surface area contributed by atoms with Gasteiger partial charge in [-0.05, 0) is 25.2 Å². The Morgan fingerprint density at radius 1 is 0.510 bits per heavy atom. The van der Waals surface area contributed by atoms with Gasteiger partial charge in [0.25, 0.3) is 0 Å². The smallest absolute Gasteiger partial charge is 0.222 e. The summed E-state index contributed by atoms with van der Waals surface area (Å²) < 4.78 is 0. The van der Waals surface area contributed by atoms with Gasteiger partial charge in [-0.2, -0.15) is 0 Å². The molecule has 0 aliphatic heterocycles. The summed E-state index contributed by atoms with van der Waals surface area (Å²) in [6.07, 6.45) is 29.7. The first-order valence-electron chi connectivity index (χ1n) is 20.8. The zero-order valence-electron chi connectivity index (χ0n) is 33.2. The first-order valence-corrected chi connectivity index (χ1v) is 20.8. The molecule has 0 aliphatic carbocycles. The standard InChI is InChI=1S/C22H45NO3.C19H39NO3/c1-4-5-6-7-8-9-10-11-12-13-14-15-20(2)16-17-23(21(3)25)18-22(26)19-24;1-3-5-6-7-8-9-10-11-12-13-15-20(16-18(22)17-21)19(23)14-4-2/h20,22,24,26H,4-19H2,1-3H3;18,21-22H,3-17H2,1-2H3. The van der Waals surface area contributed by atoms with Crippen molar-refractivity contribution in [1.29, 1.82) is 0 Å². The SMILES string of the molecule is CCCCCCCCCCCCCC(C)CCN(CC(O)CO)C(C)=O.CCCCCCCCCCCCN(CC(O)CO)C(=O)CCC. The van der Waals surface area contributed by atoms with Crippen LogP contribution in [0.25, 0.3) is 0 Å². The molecule has 8 heteroatoms. The Morgan fingerprint density at radius 3 is 1.29 bits per heavy atom. The van der Waals surface area contributed by atoms with Crippen molar-refractivity contribution in [3.63, 3.8) is 0 Å². The Kier molecular flexibility index (Phi) is 38.7. The Hall–Kier alpha value is -1.22. The third-order valence-corrected chi connectivity index (χ3v) is 9.52. The molecular weight excluding hydrogens is 616 g/mol. The number of carbonyl (C=O) groups is 2. The third-order valence-electron chi connectivity index (χ3n) is 9.52. The Labute approximate surface area is 303 Å². The van der Waals surface area contributed by atoms with Gasteiger partial charge < -0.3 is 30.2 Å². The number of carbonyl (C=O) groups excluding carboxylic acids is 2. The summed E-state index contributed by atoms with van der Waals surface area (Å²) in [7, 11) is 0. The van der Waals surface area contributed by atoms with Crippen LogP contribution in [-0.4, -0.2) is 93.6 Å². The van der Waals surface area contributed by atoms with E-state index in [4.69, 9.17) is 10.2 Å². The predicted molar refractivity (Wildman–Crippen MR) is 207 cm³/mol. The van der Waals surface area contributed by atoms with E-state index in [2.05, 4.69) is 20.8 Å². The lowest BCUT2D eigenvalue weighted by Crippen LogP contribution is -2.39. The van der Waals surface area contributed by atoms with Crippen molar-refractivity contribution in [2.45, 2.75) is 207 Å². The van der Waals surface area contributed by atoms with Gasteiger partial charge in [-0.1, -0.05) is 163 Å². The molecule has 49 heavy (non-hydrogen) atoms. The molecule has 0 spiro atoms. The Balaban J connectivity index is 0. The van der Waals surface area contributed by atoms with Crippen molar-refractivity contribution < 1.29 is 30.0 Å². The highest BCUT2D eigenvalue weighted by Gasteiger charge is 2.16. The number of unbranched alkanes of at least 4 members (excludes halogenated alkanes) is 19. The molecule has 2 amide bonds. The molecule has 0 aromatic carbocycles. The van der Waals surface area contributed by atoms with E-state index in [0.717, 1.165) is 25.7 Å². The molecule has 0 rings (SSSR count). The van der Waals surface area contributed by atoms with E-state index < -0.39 is 12.2 Å². The Bertz CT molecular complexity index is 709. The minimum Gasteiger partial charge on any atom is -0.394 e. The largest absolute Gasteiger partial charge is 0.394 e. The van der Waals surface area contributed by atoms with Crippen LogP contribution in [0.15, 0.2) is 0 Å². The molecule has 0 aromatic heterocycles. The zero-order chi connectivity index (χ0) is 37.0. The van der Waals surface area contributed by atoms with Crippen LogP contribution in [0.3, 0.4) is 0 Å². The van der Waals surface area contributed by atoms with Gasteiger partial charge in [0.05, 0.1) is 25.4 Å². The van der Waals surface area contributed by atoms with E-state index in [1.54, 1.807) is 9.80 Å². The summed E-state index contributed by atoms with van der Waals surface area (Å²) in [5.41, 5.74) is 0. The van der Waals surface area contributed by atoms with Gasteiger partial charge >= 0.3 is 0 Å². The van der Waals surface area contributed by atoms with Crippen LogP contribution in [-0.2, 0) is 9.59 Å². The molecule has 0 heterocycles. The number of nitrogens with zero attached hydrogens (tertiary/aromatic N) is 2. The van der Waals surface area contributed by atoms with E-state index in [9.17, 15) is 19.8 Å². The number of amides is 2. The topological polar surface area (TPSA) is 122 Å². The molecule has 294 valence electrons. The second kappa shape index (κ2) is 38.0. The van der Waals surface area contributed by atoms with Crippen LogP contribution in [0.1, 0.15) is 195 Å². The second-order valence-electron chi connectivity index (χ2n) is 14.6. The zero-order valence-corrected chi connectivity index (χ0v) is 33.2. The molecule has 0 aliphatic rings. The van der Waals surface area contributed by atoms with Gasteiger partial charge in [0.15, 0.2) is 0 Å². The summed E-state index contributed by atoms with van der Waals surface area (Å²) >= 11 is 0. The third kappa shape index (κ3) is 35.0. The molecule has 8 nitrogen and oxygen atoms in total. The van der Waals surface area contributed by atoms with Crippen LogP contribution < -0.4 is 0 Å². The van der Waals surface area contributed by atoms with Gasteiger partial charge in [0.2, 0.25) is 11.8 Å². The highest BCUT2D eigenvalue weighted by molar-refractivity contribution is 5.76. The van der Waals surface area contributed by atoms with Crippen LogP contribution in [0.2, 0.25) is 0 Å². The maximum Gasteiger partial charge on any atom is 0.222 e. The molecule has 0 saturated carbocycles. The van der Waals surface area contributed by atoms with Crippen molar-refractivity contribution >= 4 is 11.8 Å². The van der Waals surface area contributed by atoms with Gasteiger partial charge in [-0.25, -0.2) is 0 Å². The van der Waals surface area contributed by atoms with Gasteiger partial charge in [-0.15, -0.1) is 0 Å². The summed E-state index contributed by atoms with van der Waals surface area (Å²) in [5, 5.41) is 37.0. The first kappa shape index (κ1) is 49.9. The lowest BCUT2D eigenvalue weighted by molar-refractivity contribution is -0.133. The maximum atomic E-state index is 12.0. The highest BCUT2D eigenvalue weighted by Crippen LogP contribution is 2.17. The quantitative estimate of drug-likeness (QED) is 0.0498. The van der Waals surface area contributed by atoms with Gasteiger partial charge in [0.1, 0.15) is 0 Å². The van der Waals surface area contributed by atoms with Gasteiger partial charge in [0, 0.05) is 39.5 Å². The van der Waals surface area contributed by atoms with Crippen LogP contribution in [0.5, 0.6) is 0 Å². The summed E-state index contributed by atoms with van der Waals surface area (Å²) in [4.78, 5) is 27.0. The minimum absolute atomic E-state index is 0.0283. The van der Waals surface area contributed by atoms with Crippen molar-refractivity contribution in [3.8, 4) is 0 Å². The van der Waals surface area contributed by atoms with Crippen molar-refractivity contribution in [1.82, 2.24) is 9.80 Å². The Morgan fingerprint density at radius 2 is 0.898 bits per heavy atom. The average molecular weight is 701 g/mol. The van der Waals surface area contributed by atoms with E-state index in [-0.39, 0.29) is 38.1 Å². The van der Waals surface area contributed by atoms with E-state index in [1.165, 1.54) is 135 Å². The second-order valence-corrected chi connectivity index (χ2v) is 14.6. The molecule has 0 radical (unpaired) electrons. The summed E-state index contributed by atoms with van der Waals surface area (Å²) in [6.45, 7) is 11.6. The number of aliphatic hydroxyl groups excluding tert-OH is 4.